The molecule has 2 fully saturated rings. The number of hydrogen-bond donors (Lipinski definition) is 0. The Morgan fingerprint density at radius 1 is 1.31 bits per heavy atom. The van der Waals surface area contributed by atoms with Crippen LogP contribution in [0.2, 0.25) is 0 Å². The topological polar surface area (TPSA) is 57.9 Å². The van der Waals surface area contributed by atoms with E-state index in [4.69, 9.17) is 17.2 Å². The molecular weight excluding hydrogens is 404 g/mol. The fourth-order valence-electron chi connectivity index (χ4n) is 3.90. The van der Waals surface area contributed by atoms with Gasteiger partial charge in [0.15, 0.2) is 0 Å². The van der Waals surface area contributed by atoms with E-state index in [1.807, 2.05) is 26.0 Å². The summed E-state index contributed by atoms with van der Waals surface area (Å²) >= 11 is 6.64. The minimum atomic E-state index is -0.168. The molecule has 8 heteroatoms. The monoisotopic (exact) mass is 428 g/mol. The molecule has 2 aliphatic heterocycles. The molecule has 0 aromatic carbocycles. The summed E-state index contributed by atoms with van der Waals surface area (Å²) in [6.07, 6.45) is 5.63. The standard InChI is InChI=1S/C21H24N4O2S2/c1-13(2)25-20(27)16(29-21(25)28)11-15-18(23-9-6-7-14(3)12-23)22-17-8-4-5-10-24(17)19(15)26/h4-5,8,10-11,13-14H,6-7,9,12H2,1-3H3/b16-11-/t14-/m1/s1. The normalized spacial score (nSPS) is 21.8. The summed E-state index contributed by atoms with van der Waals surface area (Å²) in [6, 6.07) is 5.49. The van der Waals surface area contributed by atoms with Crippen LogP contribution in [0.1, 0.15) is 39.2 Å². The molecule has 2 aliphatic rings. The lowest BCUT2D eigenvalue weighted by Gasteiger charge is -2.32. The molecule has 2 saturated heterocycles. The van der Waals surface area contributed by atoms with Crippen LogP contribution in [0.3, 0.4) is 0 Å². The maximum Gasteiger partial charge on any atom is 0.267 e. The molecule has 0 unspecified atom stereocenters. The summed E-state index contributed by atoms with van der Waals surface area (Å²) in [5, 5.41) is 0. The first-order valence-electron chi connectivity index (χ1n) is 9.90. The third kappa shape index (κ3) is 3.71. The average molecular weight is 429 g/mol. The molecule has 0 N–H and O–H groups in total. The van der Waals surface area contributed by atoms with Gasteiger partial charge in [-0.2, -0.15) is 0 Å². The Labute approximate surface area is 179 Å². The van der Waals surface area contributed by atoms with Gasteiger partial charge in [0.2, 0.25) is 0 Å². The summed E-state index contributed by atoms with van der Waals surface area (Å²) in [7, 11) is 0. The lowest BCUT2D eigenvalue weighted by atomic mass is 10.00. The Balaban J connectivity index is 1.88. The number of thioether (sulfide) groups is 1. The van der Waals surface area contributed by atoms with Crippen LogP contribution < -0.4 is 10.5 Å². The second-order valence-electron chi connectivity index (χ2n) is 7.92. The van der Waals surface area contributed by atoms with E-state index in [0.717, 1.165) is 19.5 Å². The van der Waals surface area contributed by atoms with Crippen LogP contribution in [0.4, 0.5) is 5.82 Å². The Bertz CT molecular complexity index is 1080. The molecule has 1 amide bonds. The number of nitrogens with zero attached hydrogens (tertiary/aromatic N) is 4. The largest absolute Gasteiger partial charge is 0.356 e. The molecule has 0 spiro atoms. The number of pyridine rings is 1. The van der Waals surface area contributed by atoms with Gasteiger partial charge in [0.25, 0.3) is 11.5 Å². The van der Waals surface area contributed by atoms with Gasteiger partial charge in [-0.15, -0.1) is 0 Å². The van der Waals surface area contributed by atoms with E-state index in [9.17, 15) is 9.59 Å². The summed E-state index contributed by atoms with van der Waals surface area (Å²) in [5.74, 6) is 1.04. The van der Waals surface area contributed by atoms with Crippen molar-refractivity contribution >= 4 is 51.7 Å². The number of hydrogen-bond acceptors (Lipinski definition) is 6. The molecule has 4 rings (SSSR count). The highest BCUT2D eigenvalue weighted by atomic mass is 32.2. The summed E-state index contributed by atoms with van der Waals surface area (Å²) in [5.41, 5.74) is 0.892. The average Bonchev–Trinajstić information content (AvgIpc) is 2.97. The molecule has 1 atom stereocenters. The molecule has 29 heavy (non-hydrogen) atoms. The third-order valence-corrected chi connectivity index (χ3v) is 6.65. The van der Waals surface area contributed by atoms with Gasteiger partial charge in [0.1, 0.15) is 15.8 Å². The van der Waals surface area contributed by atoms with Gasteiger partial charge < -0.3 is 4.90 Å². The minimum absolute atomic E-state index is 0.0216. The quantitative estimate of drug-likeness (QED) is 0.551. The zero-order valence-electron chi connectivity index (χ0n) is 16.8. The van der Waals surface area contributed by atoms with Crippen LogP contribution in [0.15, 0.2) is 34.1 Å². The molecule has 0 saturated carbocycles. The SMILES string of the molecule is CC(C)N1C(=O)/C(=C/c2c(N3CCC[C@@H](C)C3)nc3ccccn3c2=O)SC1=S. The Hall–Kier alpha value is -2.19. The maximum absolute atomic E-state index is 13.3. The molecule has 0 radical (unpaired) electrons. The van der Waals surface area contributed by atoms with Crippen LogP contribution in [0, 0.1) is 5.92 Å². The van der Waals surface area contributed by atoms with Crippen LogP contribution in [0.25, 0.3) is 11.7 Å². The summed E-state index contributed by atoms with van der Waals surface area (Å²) in [6.45, 7) is 7.78. The van der Waals surface area contributed by atoms with Gasteiger partial charge in [0, 0.05) is 25.3 Å². The van der Waals surface area contributed by atoms with Crippen molar-refractivity contribution in [3.63, 3.8) is 0 Å². The van der Waals surface area contributed by atoms with Crippen molar-refractivity contribution in [2.75, 3.05) is 18.0 Å². The van der Waals surface area contributed by atoms with E-state index in [2.05, 4.69) is 11.8 Å². The molecule has 0 bridgehead atoms. The van der Waals surface area contributed by atoms with Crippen LogP contribution in [-0.4, -0.2) is 43.6 Å². The molecule has 152 valence electrons. The van der Waals surface area contributed by atoms with Gasteiger partial charge in [-0.05, 0) is 50.8 Å². The second-order valence-corrected chi connectivity index (χ2v) is 9.60. The zero-order chi connectivity index (χ0) is 20.7. The van der Waals surface area contributed by atoms with Crippen molar-refractivity contribution in [1.29, 1.82) is 0 Å². The number of amides is 1. The highest BCUT2D eigenvalue weighted by molar-refractivity contribution is 8.26. The van der Waals surface area contributed by atoms with E-state index in [1.54, 1.807) is 23.2 Å². The summed E-state index contributed by atoms with van der Waals surface area (Å²) in [4.78, 5) is 35.3. The molecule has 4 heterocycles. The molecule has 0 aliphatic carbocycles. The van der Waals surface area contributed by atoms with Gasteiger partial charge in [-0.3, -0.25) is 18.9 Å². The van der Waals surface area contributed by atoms with Gasteiger partial charge in [-0.1, -0.05) is 37.0 Å². The number of carbonyl (C=O) groups is 1. The van der Waals surface area contributed by atoms with Gasteiger partial charge in [-0.25, -0.2) is 4.98 Å². The fourth-order valence-corrected chi connectivity index (χ4v) is 5.40. The molecular formula is C21H24N4O2S2. The first kappa shape index (κ1) is 20.1. The number of anilines is 1. The molecule has 2 aromatic heterocycles. The van der Waals surface area contributed by atoms with Crippen LogP contribution >= 0.6 is 24.0 Å². The number of fused-ring (bicyclic) bond motifs is 1. The van der Waals surface area contributed by atoms with Crippen molar-refractivity contribution in [3.05, 3.63) is 45.2 Å². The fraction of sp³-hybridized carbons (Fsp3) is 0.429. The maximum atomic E-state index is 13.3. The number of aromatic nitrogens is 2. The predicted molar refractivity (Wildman–Crippen MR) is 122 cm³/mol. The Kier molecular flexibility index (Phi) is 5.48. The van der Waals surface area contributed by atoms with Crippen molar-refractivity contribution in [2.45, 2.75) is 39.7 Å². The first-order valence-corrected chi connectivity index (χ1v) is 11.1. The van der Waals surface area contributed by atoms with Gasteiger partial charge >= 0.3 is 0 Å². The number of rotatable bonds is 3. The Morgan fingerprint density at radius 2 is 2.10 bits per heavy atom. The minimum Gasteiger partial charge on any atom is -0.356 e. The lowest BCUT2D eigenvalue weighted by molar-refractivity contribution is -0.123. The predicted octanol–water partition coefficient (Wildman–Crippen LogP) is 3.54. The lowest BCUT2D eigenvalue weighted by Crippen LogP contribution is -2.37. The smallest absolute Gasteiger partial charge is 0.267 e. The number of thiocarbonyl (C=S) groups is 1. The highest BCUT2D eigenvalue weighted by Gasteiger charge is 2.34. The van der Waals surface area contributed by atoms with Crippen molar-refractivity contribution in [1.82, 2.24) is 14.3 Å². The Morgan fingerprint density at radius 3 is 2.79 bits per heavy atom. The zero-order valence-corrected chi connectivity index (χ0v) is 18.4. The first-order chi connectivity index (χ1) is 13.9. The van der Waals surface area contributed by atoms with E-state index >= 15 is 0 Å². The van der Waals surface area contributed by atoms with Crippen LogP contribution in [0.5, 0.6) is 0 Å². The van der Waals surface area contributed by atoms with Crippen molar-refractivity contribution in [3.8, 4) is 0 Å². The molecule has 6 nitrogen and oxygen atoms in total. The third-order valence-electron chi connectivity index (χ3n) is 5.32. The van der Waals surface area contributed by atoms with E-state index in [0.29, 0.717) is 32.2 Å². The van der Waals surface area contributed by atoms with Crippen molar-refractivity contribution < 1.29 is 4.79 Å². The van der Waals surface area contributed by atoms with E-state index < -0.39 is 0 Å². The second kappa shape index (κ2) is 7.91. The van der Waals surface area contributed by atoms with Gasteiger partial charge in [0.05, 0.1) is 10.5 Å². The van der Waals surface area contributed by atoms with Crippen LogP contribution in [-0.2, 0) is 4.79 Å². The number of carbonyl (C=O) groups excluding carboxylic acids is 1. The number of piperidine rings is 1. The highest BCUT2D eigenvalue weighted by Crippen LogP contribution is 2.35. The van der Waals surface area contributed by atoms with E-state index in [-0.39, 0.29) is 17.5 Å². The van der Waals surface area contributed by atoms with Crippen molar-refractivity contribution in [2.24, 2.45) is 5.92 Å². The van der Waals surface area contributed by atoms with E-state index in [1.165, 1.54) is 22.6 Å². The molecule has 2 aromatic rings. The summed E-state index contributed by atoms with van der Waals surface area (Å²) < 4.78 is 2.06.